The molecule has 2 rings (SSSR count). The van der Waals surface area contributed by atoms with Gasteiger partial charge in [-0.15, -0.1) is 0 Å². The highest BCUT2D eigenvalue weighted by Crippen LogP contribution is 2.37. The minimum atomic E-state index is -0.424. The standard InChI is InChI=1S/C17H29BN2O3S/c1-9-15(2,3)20-24-13-10-12(11-19-14(13)21-8)18-22-16(4,5)17(6,7)23-18/h10-11,20H,9H2,1-8H3. The maximum atomic E-state index is 6.11. The van der Waals surface area contributed by atoms with Gasteiger partial charge in [-0.3, -0.25) is 4.72 Å². The molecule has 134 valence electrons. The van der Waals surface area contributed by atoms with Crippen LogP contribution < -0.4 is 14.9 Å². The molecule has 5 nitrogen and oxygen atoms in total. The molecule has 24 heavy (non-hydrogen) atoms. The van der Waals surface area contributed by atoms with Crippen LogP contribution in [0, 0.1) is 0 Å². The first kappa shape index (κ1) is 19.6. The molecule has 7 heteroatoms. The average Bonchev–Trinajstić information content (AvgIpc) is 2.73. The summed E-state index contributed by atoms with van der Waals surface area (Å²) >= 11 is 1.53. The number of nitrogens with one attached hydrogen (secondary N) is 1. The number of hydrogen-bond donors (Lipinski definition) is 1. The van der Waals surface area contributed by atoms with Gasteiger partial charge in [0.25, 0.3) is 0 Å². The van der Waals surface area contributed by atoms with Crippen LogP contribution in [-0.4, -0.2) is 36.0 Å². The third-order valence-corrected chi connectivity index (χ3v) is 6.05. The van der Waals surface area contributed by atoms with Gasteiger partial charge in [-0.1, -0.05) is 6.92 Å². The van der Waals surface area contributed by atoms with Crippen LogP contribution in [0.1, 0.15) is 54.9 Å². The highest BCUT2D eigenvalue weighted by Gasteiger charge is 2.51. The van der Waals surface area contributed by atoms with Gasteiger partial charge in [0.1, 0.15) is 0 Å². The highest BCUT2D eigenvalue weighted by molar-refractivity contribution is 7.97. The second-order valence-electron chi connectivity index (χ2n) is 7.81. The fourth-order valence-electron chi connectivity index (χ4n) is 2.05. The first-order valence-electron chi connectivity index (χ1n) is 8.35. The lowest BCUT2D eigenvalue weighted by Crippen LogP contribution is -2.41. The quantitative estimate of drug-likeness (QED) is 0.627. The molecule has 0 radical (unpaired) electrons. The molecule has 1 aromatic rings. The van der Waals surface area contributed by atoms with Crippen molar-refractivity contribution in [2.75, 3.05) is 7.11 Å². The predicted molar refractivity (Wildman–Crippen MR) is 99.9 cm³/mol. The van der Waals surface area contributed by atoms with E-state index in [-0.39, 0.29) is 16.7 Å². The number of aromatic nitrogens is 1. The molecule has 1 fully saturated rings. The van der Waals surface area contributed by atoms with E-state index >= 15 is 0 Å². The minimum Gasteiger partial charge on any atom is -0.480 e. The van der Waals surface area contributed by atoms with Gasteiger partial charge in [0.15, 0.2) is 0 Å². The number of rotatable bonds is 6. The van der Waals surface area contributed by atoms with E-state index < -0.39 is 7.12 Å². The van der Waals surface area contributed by atoms with Crippen molar-refractivity contribution in [2.24, 2.45) is 0 Å². The summed E-state index contributed by atoms with van der Waals surface area (Å²) in [5.74, 6) is 0.597. The lowest BCUT2D eigenvalue weighted by atomic mass is 9.80. The Bertz CT molecular complexity index is 577. The van der Waals surface area contributed by atoms with Gasteiger partial charge in [0.05, 0.1) is 23.2 Å². The zero-order chi connectivity index (χ0) is 18.2. The van der Waals surface area contributed by atoms with Gasteiger partial charge in [-0.05, 0) is 66.0 Å². The number of ether oxygens (including phenoxy) is 1. The second kappa shape index (κ2) is 6.86. The fraction of sp³-hybridized carbons (Fsp3) is 0.706. The second-order valence-corrected chi connectivity index (χ2v) is 8.65. The summed E-state index contributed by atoms with van der Waals surface area (Å²) < 4.78 is 21.1. The first-order chi connectivity index (χ1) is 11.0. The van der Waals surface area contributed by atoms with E-state index in [2.05, 4.69) is 30.5 Å². The molecule has 0 amide bonds. The smallest absolute Gasteiger partial charge is 0.480 e. The van der Waals surface area contributed by atoms with E-state index in [9.17, 15) is 0 Å². The zero-order valence-electron chi connectivity index (χ0n) is 16.0. The van der Waals surface area contributed by atoms with Gasteiger partial charge in [0.2, 0.25) is 5.88 Å². The van der Waals surface area contributed by atoms with Crippen LogP contribution in [0.4, 0.5) is 0 Å². The molecule has 0 aromatic carbocycles. The Morgan fingerprint density at radius 1 is 1.25 bits per heavy atom. The third kappa shape index (κ3) is 4.07. The Balaban J connectivity index is 2.23. The zero-order valence-corrected chi connectivity index (χ0v) is 16.8. The molecule has 0 atom stereocenters. The molecule has 1 aliphatic heterocycles. The molecule has 2 heterocycles. The lowest BCUT2D eigenvalue weighted by molar-refractivity contribution is 0.00578. The van der Waals surface area contributed by atoms with Crippen molar-refractivity contribution in [3.05, 3.63) is 12.3 Å². The van der Waals surface area contributed by atoms with Crippen LogP contribution in [-0.2, 0) is 9.31 Å². The SMILES string of the molecule is CCC(C)(C)NSc1cc(B2OC(C)(C)C(C)(C)O2)cnc1OC. The Morgan fingerprint density at radius 2 is 1.83 bits per heavy atom. The van der Waals surface area contributed by atoms with Crippen LogP contribution in [0.2, 0.25) is 0 Å². The van der Waals surface area contributed by atoms with Crippen molar-refractivity contribution >= 4 is 24.5 Å². The molecule has 0 aliphatic carbocycles. The Morgan fingerprint density at radius 3 is 2.33 bits per heavy atom. The summed E-state index contributed by atoms with van der Waals surface area (Å²) in [5.41, 5.74) is 0.185. The van der Waals surface area contributed by atoms with Crippen molar-refractivity contribution in [1.29, 1.82) is 0 Å². The van der Waals surface area contributed by atoms with E-state index in [1.165, 1.54) is 11.9 Å². The van der Waals surface area contributed by atoms with Gasteiger partial charge in [0, 0.05) is 17.2 Å². The summed E-state index contributed by atoms with van der Waals surface area (Å²) in [6.07, 6.45) is 2.78. The third-order valence-electron chi connectivity index (χ3n) is 4.88. The molecule has 1 aromatic heterocycles. The monoisotopic (exact) mass is 352 g/mol. The molecule has 0 saturated carbocycles. The van der Waals surface area contributed by atoms with E-state index in [4.69, 9.17) is 14.0 Å². The summed E-state index contributed by atoms with van der Waals surface area (Å²) in [7, 11) is 1.21. The van der Waals surface area contributed by atoms with E-state index in [0.717, 1.165) is 16.8 Å². The van der Waals surface area contributed by atoms with Crippen molar-refractivity contribution in [3.63, 3.8) is 0 Å². The molecule has 0 bridgehead atoms. The number of nitrogens with zero attached hydrogens (tertiary/aromatic N) is 1. The van der Waals surface area contributed by atoms with Crippen molar-refractivity contribution in [2.45, 2.75) is 76.5 Å². The van der Waals surface area contributed by atoms with E-state index in [0.29, 0.717) is 5.88 Å². The van der Waals surface area contributed by atoms with Crippen molar-refractivity contribution in [3.8, 4) is 5.88 Å². The largest absolute Gasteiger partial charge is 0.496 e. The number of methoxy groups -OCH3 is 1. The predicted octanol–water partition coefficient (Wildman–Crippen LogP) is 3.17. The molecule has 1 N–H and O–H groups in total. The molecule has 1 saturated heterocycles. The normalized spacial score (nSPS) is 19.6. The summed E-state index contributed by atoms with van der Waals surface area (Å²) in [6, 6.07) is 2.03. The van der Waals surface area contributed by atoms with Crippen LogP contribution in [0.25, 0.3) is 0 Å². The highest BCUT2D eigenvalue weighted by atomic mass is 32.2. The fourth-order valence-corrected chi connectivity index (χ4v) is 3.00. The molecule has 0 unspecified atom stereocenters. The topological polar surface area (TPSA) is 52.6 Å². The van der Waals surface area contributed by atoms with Crippen LogP contribution in [0.3, 0.4) is 0 Å². The lowest BCUT2D eigenvalue weighted by Gasteiger charge is -2.32. The van der Waals surface area contributed by atoms with Gasteiger partial charge >= 0.3 is 7.12 Å². The summed E-state index contributed by atoms with van der Waals surface area (Å²) in [5, 5.41) is 0. The number of hydrogen-bond acceptors (Lipinski definition) is 6. The average molecular weight is 352 g/mol. The minimum absolute atomic E-state index is 0.0238. The van der Waals surface area contributed by atoms with Crippen LogP contribution >= 0.6 is 11.9 Å². The van der Waals surface area contributed by atoms with Crippen molar-refractivity contribution in [1.82, 2.24) is 9.71 Å². The van der Waals surface area contributed by atoms with Crippen molar-refractivity contribution < 1.29 is 14.0 Å². The van der Waals surface area contributed by atoms with Gasteiger partial charge in [-0.2, -0.15) is 0 Å². The maximum absolute atomic E-state index is 6.11. The van der Waals surface area contributed by atoms with Crippen LogP contribution in [0.5, 0.6) is 5.88 Å². The van der Waals surface area contributed by atoms with Gasteiger partial charge < -0.3 is 14.0 Å². The molecule has 0 spiro atoms. The summed E-state index contributed by atoms with van der Waals surface area (Å²) in [4.78, 5) is 5.34. The van der Waals surface area contributed by atoms with Crippen LogP contribution in [0.15, 0.2) is 17.2 Å². The maximum Gasteiger partial charge on any atom is 0.496 e. The number of pyridine rings is 1. The van der Waals surface area contributed by atoms with Gasteiger partial charge in [-0.25, -0.2) is 4.98 Å². The Kier molecular flexibility index (Phi) is 5.60. The first-order valence-corrected chi connectivity index (χ1v) is 9.16. The van der Waals surface area contributed by atoms with E-state index in [1.54, 1.807) is 13.3 Å². The molecular formula is C17H29BN2O3S. The Hall–Kier alpha value is -0.755. The molecule has 1 aliphatic rings. The molecular weight excluding hydrogens is 323 g/mol. The Labute approximate surface area is 150 Å². The van der Waals surface area contributed by atoms with E-state index in [1.807, 2.05) is 33.8 Å². The summed E-state index contributed by atoms with van der Waals surface area (Å²) in [6.45, 7) is 14.7.